The zero-order chi connectivity index (χ0) is 58.7. The van der Waals surface area contributed by atoms with E-state index in [9.17, 15) is 43.2 Å². The summed E-state index contributed by atoms with van der Waals surface area (Å²) in [6.45, 7) is 9.35. The third-order valence-electron chi connectivity index (χ3n) is 13.7. The van der Waals surface area contributed by atoms with Crippen molar-refractivity contribution in [3.05, 3.63) is 0 Å². The minimum absolute atomic E-state index is 0.104. The highest BCUT2D eigenvalue weighted by Crippen LogP contribution is 2.45. The number of carbonyl (C=O) groups is 4. The van der Waals surface area contributed by atoms with Crippen LogP contribution in [0.2, 0.25) is 0 Å². The van der Waals surface area contributed by atoms with Gasteiger partial charge in [-0.15, -0.1) is 0 Å². The largest absolute Gasteiger partial charge is 0.472 e. The van der Waals surface area contributed by atoms with Crippen molar-refractivity contribution < 1.29 is 80.2 Å². The smallest absolute Gasteiger partial charge is 0.462 e. The van der Waals surface area contributed by atoms with Gasteiger partial charge in [0.05, 0.1) is 26.4 Å². The third-order valence-corrected chi connectivity index (χ3v) is 15.6. The van der Waals surface area contributed by atoms with Crippen LogP contribution in [0.1, 0.15) is 292 Å². The van der Waals surface area contributed by atoms with Gasteiger partial charge in [0, 0.05) is 25.7 Å². The van der Waals surface area contributed by atoms with Gasteiger partial charge in [0.15, 0.2) is 12.2 Å². The number of aliphatic hydroxyl groups is 1. The number of unbranched alkanes of at least 4 members (excludes halogenated alkanes) is 29. The standard InChI is InChI=1S/C60H116O17P2/c1-7-9-11-13-15-24-30-36-42-57(62)70-48-55(76-59(64)44-38-32-25-16-14-12-10-8-2)50-74-78(66,67)72-46-54(61)47-73-79(68,69)75-51-56(49-71-58(63)43-37-31-26-21-20-23-29-35-41-53(5)6)77-60(65)45-39-33-27-19-17-18-22-28-34-40-52(3)4/h52-56,61H,7-51H2,1-6H3,(H,66,67)(H,68,69)/t54-,55+,56+/m0/s1. The van der Waals surface area contributed by atoms with Gasteiger partial charge in [-0.25, -0.2) is 9.13 Å². The van der Waals surface area contributed by atoms with Crippen LogP contribution in [0.5, 0.6) is 0 Å². The summed E-state index contributed by atoms with van der Waals surface area (Å²) in [7, 11) is -9.87. The quantitative estimate of drug-likeness (QED) is 0.0222. The van der Waals surface area contributed by atoms with E-state index in [1.807, 2.05) is 0 Å². The molecule has 17 nitrogen and oxygen atoms in total. The van der Waals surface area contributed by atoms with Crippen LogP contribution in [0, 0.1) is 11.8 Å². The Morgan fingerprint density at radius 2 is 0.582 bits per heavy atom. The molecule has 0 aromatic carbocycles. The van der Waals surface area contributed by atoms with E-state index in [1.54, 1.807) is 0 Å². The van der Waals surface area contributed by atoms with Crippen LogP contribution in [-0.2, 0) is 65.4 Å². The number of hydrogen-bond donors (Lipinski definition) is 3. The highest BCUT2D eigenvalue weighted by molar-refractivity contribution is 7.47. The van der Waals surface area contributed by atoms with Gasteiger partial charge in [0.1, 0.15) is 19.3 Å². The summed E-state index contributed by atoms with van der Waals surface area (Å²) in [5.74, 6) is -0.682. The van der Waals surface area contributed by atoms with Gasteiger partial charge in [-0.05, 0) is 37.5 Å². The van der Waals surface area contributed by atoms with E-state index in [4.69, 9.17) is 37.0 Å². The average molecular weight is 1170 g/mol. The molecule has 0 rings (SSSR count). The lowest BCUT2D eigenvalue weighted by Gasteiger charge is -2.21. The lowest BCUT2D eigenvalue weighted by Crippen LogP contribution is -2.30. The molecule has 0 spiro atoms. The normalized spacial score (nSPS) is 14.4. The van der Waals surface area contributed by atoms with Gasteiger partial charge in [0.2, 0.25) is 0 Å². The van der Waals surface area contributed by atoms with Crippen molar-refractivity contribution in [1.82, 2.24) is 0 Å². The molecule has 3 N–H and O–H groups in total. The summed E-state index contributed by atoms with van der Waals surface area (Å²) in [5, 5.41) is 10.5. The first-order valence-electron chi connectivity index (χ1n) is 31.5. The van der Waals surface area contributed by atoms with E-state index in [1.165, 1.54) is 96.3 Å². The van der Waals surface area contributed by atoms with Gasteiger partial charge in [-0.1, -0.05) is 241 Å². The fourth-order valence-electron chi connectivity index (χ4n) is 8.82. The SMILES string of the molecule is CCCCCCCCCCC(=O)OC[C@H](COP(=O)(O)OC[C@H](O)COP(=O)(O)OC[C@@H](COC(=O)CCCCCCCCCCC(C)C)OC(=O)CCCCCCCCCCCC(C)C)OC(=O)CCCCCCCCCC. The van der Waals surface area contributed by atoms with Crippen LogP contribution in [-0.4, -0.2) is 96.7 Å². The topological polar surface area (TPSA) is 237 Å². The molecule has 0 aliphatic heterocycles. The second-order valence-electron chi connectivity index (χ2n) is 22.7. The van der Waals surface area contributed by atoms with Crippen LogP contribution in [0.3, 0.4) is 0 Å². The summed E-state index contributed by atoms with van der Waals surface area (Å²) in [6, 6.07) is 0. The predicted molar refractivity (Wildman–Crippen MR) is 312 cm³/mol. The molecule has 79 heavy (non-hydrogen) atoms. The molecule has 0 heterocycles. The molecule has 0 fully saturated rings. The number of aliphatic hydroxyl groups excluding tert-OH is 1. The van der Waals surface area contributed by atoms with E-state index in [0.29, 0.717) is 25.7 Å². The van der Waals surface area contributed by atoms with E-state index < -0.39 is 97.5 Å². The Hall–Kier alpha value is -1.94. The Morgan fingerprint density at radius 1 is 0.342 bits per heavy atom. The first-order chi connectivity index (χ1) is 37.9. The third kappa shape index (κ3) is 55.0. The fraction of sp³-hybridized carbons (Fsp3) is 0.933. The maximum atomic E-state index is 12.9. The molecule has 468 valence electrons. The molecular formula is C60H116O17P2. The molecule has 5 atom stereocenters. The van der Waals surface area contributed by atoms with Crippen LogP contribution < -0.4 is 0 Å². The highest BCUT2D eigenvalue weighted by Gasteiger charge is 2.30. The molecule has 0 amide bonds. The van der Waals surface area contributed by atoms with Gasteiger partial charge >= 0.3 is 39.5 Å². The molecule has 0 bridgehead atoms. The second-order valence-corrected chi connectivity index (χ2v) is 25.6. The molecule has 0 aromatic rings. The van der Waals surface area contributed by atoms with Gasteiger partial charge < -0.3 is 33.8 Å². The number of phosphoric acid groups is 2. The number of rotatable bonds is 59. The molecular weight excluding hydrogens is 1050 g/mol. The lowest BCUT2D eigenvalue weighted by atomic mass is 10.0. The molecule has 0 saturated heterocycles. The zero-order valence-corrected chi connectivity index (χ0v) is 52.4. The van der Waals surface area contributed by atoms with Crippen LogP contribution in [0.25, 0.3) is 0 Å². The molecule has 0 aliphatic carbocycles. The number of phosphoric ester groups is 2. The molecule has 0 saturated carbocycles. The molecule has 0 aromatic heterocycles. The van der Waals surface area contributed by atoms with Crippen molar-refractivity contribution >= 4 is 39.5 Å². The fourth-order valence-corrected chi connectivity index (χ4v) is 10.4. The maximum Gasteiger partial charge on any atom is 0.472 e. The van der Waals surface area contributed by atoms with E-state index >= 15 is 0 Å². The van der Waals surface area contributed by atoms with Crippen molar-refractivity contribution in [3.63, 3.8) is 0 Å². The van der Waals surface area contributed by atoms with Crippen molar-refractivity contribution in [2.75, 3.05) is 39.6 Å². The van der Waals surface area contributed by atoms with Crippen molar-refractivity contribution in [3.8, 4) is 0 Å². The van der Waals surface area contributed by atoms with E-state index in [0.717, 1.165) is 115 Å². The minimum Gasteiger partial charge on any atom is -0.462 e. The summed E-state index contributed by atoms with van der Waals surface area (Å²) in [5.41, 5.74) is 0. The predicted octanol–water partition coefficient (Wildman–Crippen LogP) is 16.1. The van der Waals surface area contributed by atoms with Gasteiger partial charge in [-0.3, -0.25) is 37.3 Å². The van der Waals surface area contributed by atoms with E-state index in [-0.39, 0.29) is 25.7 Å². The van der Waals surface area contributed by atoms with Crippen molar-refractivity contribution in [2.24, 2.45) is 11.8 Å². The molecule has 0 aliphatic rings. The first kappa shape index (κ1) is 77.1. The van der Waals surface area contributed by atoms with Crippen LogP contribution in [0.4, 0.5) is 0 Å². The Bertz CT molecular complexity index is 1560. The summed E-state index contributed by atoms with van der Waals surface area (Å²) in [6.07, 6.45) is 33.6. The Morgan fingerprint density at radius 3 is 0.861 bits per heavy atom. The van der Waals surface area contributed by atoms with Crippen LogP contribution >= 0.6 is 15.6 Å². The van der Waals surface area contributed by atoms with Crippen molar-refractivity contribution in [2.45, 2.75) is 310 Å². The molecule has 2 unspecified atom stereocenters. The number of hydrogen-bond acceptors (Lipinski definition) is 15. The second kappa shape index (κ2) is 52.8. The zero-order valence-electron chi connectivity index (χ0n) is 50.7. The first-order valence-corrected chi connectivity index (χ1v) is 34.5. The maximum absolute atomic E-state index is 12.9. The Balaban J connectivity index is 5.22. The highest BCUT2D eigenvalue weighted by atomic mass is 31.2. The van der Waals surface area contributed by atoms with Crippen LogP contribution in [0.15, 0.2) is 0 Å². The number of esters is 4. The molecule has 19 heteroatoms. The van der Waals surface area contributed by atoms with Gasteiger partial charge in [0.25, 0.3) is 0 Å². The summed E-state index contributed by atoms with van der Waals surface area (Å²) < 4.78 is 67.7. The lowest BCUT2D eigenvalue weighted by molar-refractivity contribution is -0.161. The average Bonchev–Trinajstić information content (AvgIpc) is 3.40. The minimum atomic E-state index is -4.94. The van der Waals surface area contributed by atoms with Crippen molar-refractivity contribution in [1.29, 1.82) is 0 Å². The Labute approximate surface area is 479 Å². The Kier molecular flexibility index (Phi) is 51.5. The molecule has 0 radical (unpaired) electrons. The van der Waals surface area contributed by atoms with Gasteiger partial charge in [-0.2, -0.15) is 0 Å². The summed E-state index contributed by atoms with van der Waals surface area (Å²) in [4.78, 5) is 71.9. The summed E-state index contributed by atoms with van der Waals surface area (Å²) >= 11 is 0. The monoisotopic (exact) mass is 1170 g/mol. The van der Waals surface area contributed by atoms with E-state index in [2.05, 4.69) is 41.5 Å². The number of ether oxygens (including phenoxy) is 4. The number of carbonyl (C=O) groups excluding carboxylic acids is 4.